The van der Waals surface area contributed by atoms with Crippen molar-refractivity contribution in [1.82, 2.24) is 14.8 Å². The van der Waals surface area contributed by atoms with Crippen LogP contribution in [-0.2, 0) is 4.79 Å². The third-order valence-corrected chi connectivity index (χ3v) is 5.33. The van der Waals surface area contributed by atoms with Gasteiger partial charge in [-0.05, 0) is 50.9 Å². The number of likely N-dealkylation sites (N-methyl/N-ethyl adjacent to an activating group) is 1. The van der Waals surface area contributed by atoms with E-state index in [9.17, 15) is 9.90 Å². The maximum absolute atomic E-state index is 12.6. The number of carbonyl (C=O) groups is 2. The average Bonchev–Trinajstić information content (AvgIpc) is 2.97. The number of carbonyl (C=O) groups excluding carboxylic acids is 1. The Bertz CT molecular complexity index is 613. The molecule has 1 amide bonds. The molecule has 0 spiro atoms. The zero-order chi connectivity index (χ0) is 18.6. The summed E-state index contributed by atoms with van der Waals surface area (Å²) in [6.45, 7) is 1.17. The lowest BCUT2D eigenvalue weighted by Crippen LogP contribution is -2.46. The molecule has 4 atom stereocenters. The minimum atomic E-state index is -0.315. The number of hydrogen-bond donors (Lipinski definition) is 2. The van der Waals surface area contributed by atoms with Crippen molar-refractivity contribution in [3.8, 4) is 0 Å². The van der Waals surface area contributed by atoms with E-state index in [0.29, 0.717) is 29.1 Å². The van der Waals surface area contributed by atoms with Gasteiger partial charge in [0.25, 0.3) is 12.4 Å². The molecule has 0 aromatic carbocycles. The van der Waals surface area contributed by atoms with E-state index < -0.39 is 0 Å². The Morgan fingerprint density at radius 1 is 1.36 bits per heavy atom. The fraction of sp³-hybridized carbons (Fsp3) is 0.588. The van der Waals surface area contributed by atoms with E-state index in [2.05, 4.69) is 9.88 Å². The van der Waals surface area contributed by atoms with Crippen molar-refractivity contribution < 1.29 is 19.8 Å². The third-order valence-electron chi connectivity index (χ3n) is 5.02. The summed E-state index contributed by atoms with van der Waals surface area (Å²) in [5, 5.41) is 17.6. The maximum Gasteiger partial charge on any atom is 0.290 e. The van der Waals surface area contributed by atoms with E-state index in [1.165, 1.54) is 0 Å². The topological polar surface area (TPSA) is 94.0 Å². The van der Waals surface area contributed by atoms with Crippen molar-refractivity contribution in [2.75, 3.05) is 27.2 Å². The average molecular weight is 370 g/mol. The van der Waals surface area contributed by atoms with Gasteiger partial charge in [0.1, 0.15) is 5.69 Å². The number of aliphatic hydroxyl groups excluding tert-OH is 1. The zero-order valence-corrected chi connectivity index (χ0v) is 15.1. The van der Waals surface area contributed by atoms with Crippen LogP contribution in [0.1, 0.15) is 23.3 Å². The number of carboxylic acid groups (broad SMARTS) is 1. The maximum atomic E-state index is 12.6. The van der Waals surface area contributed by atoms with Gasteiger partial charge in [0.05, 0.1) is 11.1 Å². The molecule has 1 aliphatic carbocycles. The first-order valence-corrected chi connectivity index (χ1v) is 8.59. The number of aliphatic hydroxyl groups is 1. The smallest absolute Gasteiger partial charge is 0.290 e. The van der Waals surface area contributed by atoms with Crippen LogP contribution in [0.3, 0.4) is 0 Å². The van der Waals surface area contributed by atoms with Crippen molar-refractivity contribution in [2.24, 2.45) is 11.8 Å². The summed E-state index contributed by atoms with van der Waals surface area (Å²) < 4.78 is 0. The van der Waals surface area contributed by atoms with Crippen LogP contribution >= 0.6 is 11.6 Å². The van der Waals surface area contributed by atoms with E-state index in [-0.39, 0.29) is 24.5 Å². The summed E-state index contributed by atoms with van der Waals surface area (Å²) in [4.78, 5) is 29.0. The number of rotatable bonds is 2. The molecule has 1 saturated carbocycles. The Kier molecular flexibility index (Phi) is 6.75. The Balaban J connectivity index is 0.000000701. The van der Waals surface area contributed by atoms with Gasteiger partial charge in [-0.1, -0.05) is 11.6 Å². The highest BCUT2D eigenvalue weighted by Crippen LogP contribution is 2.38. The van der Waals surface area contributed by atoms with Gasteiger partial charge in [-0.15, -0.1) is 0 Å². The summed E-state index contributed by atoms with van der Waals surface area (Å²) in [7, 11) is 4.00. The normalized spacial score (nSPS) is 28.1. The van der Waals surface area contributed by atoms with E-state index in [1.807, 2.05) is 19.0 Å². The first-order valence-electron chi connectivity index (χ1n) is 8.21. The largest absolute Gasteiger partial charge is 0.483 e. The molecule has 2 aliphatic rings. The molecule has 2 heterocycles. The van der Waals surface area contributed by atoms with Crippen LogP contribution in [-0.4, -0.2) is 76.7 Å². The van der Waals surface area contributed by atoms with Crippen molar-refractivity contribution in [2.45, 2.75) is 25.0 Å². The predicted octanol–water partition coefficient (Wildman–Crippen LogP) is 1.21. The summed E-state index contributed by atoms with van der Waals surface area (Å²) >= 11 is 6.08. The van der Waals surface area contributed by atoms with Crippen LogP contribution in [0.15, 0.2) is 18.3 Å². The summed E-state index contributed by atoms with van der Waals surface area (Å²) in [6, 6.07) is 3.59. The van der Waals surface area contributed by atoms with Crippen LogP contribution in [0.5, 0.6) is 0 Å². The van der Waals surface area contributed by atoms with E-state index >= 15 is 0 Å². The molecular formula is C17H24ClN3O4. The van der Waals surface area contributed by atoms with E-state index in [4.69, 9.17) is 21.5 Å². The van der Waals surface area contributed by atoms with Crippen LogP contribution in [0.4, 0.5) is 0 Å². The second-order valence-corrected chi connectivity index (χ2v) is 7.15. The lowest BCUT2D eigenvalue weighted by molar-refractivity contribution is -0.122. The number of fused-ring (bicyclic) bond motifs is 1. The van der Waals surface area contributed by atoms with E-state index in [1.54, 1.807) is 18.3 Å². The fourth-order valence-corrected chi connectivity index (χ4v) is 4.02. The monoisotopic (exact) mass is 369 g/mol. The lowest BCUT2D eigenvalue weighted by atomic mass is 9.77. The second-order valence-electron chi connectivity index (χ2n) is 6.74. The first kappa shape index (κ1) is 19.6. The molecular weight excluding hydrogens is 346 g/mol. The molecule has 2 N–H and O–H groups in total. The van der Waals surface area contributed by atoms with Gasteiger partial charge in [-0.3, -0.25) is 9.59 Å². The standard InChI is InChI=1S/C16H22ClN3O2.CH2O2/c1-19(2)13-6-10-8-20(9-11(10)7-14(13)21)16(22)15-12(17)4-3-5-18-15;2-1-3/h3-5,10-11,13-14,21H,6-9H2,1-2H3;1H,(H,2,3)/t10-,11+,13-,14-;/m1./s1. The molecule has 8 heteroatoms. The summed E-state index contributed by atoms with van der Waals surface area (Å²) in [5.74, 6) is 0.718. The van der Waals surface area contributed by atoms with Gasteiger partial charge in [0.15, 0.2) is 0 Å². The molecule has 25 heavy (non-hydrogen) atoms. The summed E-state index contributed by atoms with van der Waals surface area (Å²) in [6.07, 6.45) is 2.96. The predicted molar refractivity (Wildman–Crippen MR) is 93.5 cm³/mol. The highest BCUT2D eigenvalue weighted by atomic mass is 35.5. The molecule has 138 valence electrons. The van der Waals surface area contributed by atoms with Gasteiger partial charge in [0.2, 0.25) is 0 Å². The fourth-order valence-electron chi connectivity index (χ4n) is 3.82. The Hall–Kier alpha value is -1.70. The van der Waals surface area contributed by atoms with Crippen LogP contribution in [0.2, 0.25) is 5.02 Å². The Morgan fingerprint density at radius 3 is 2.52 bits per heavy atom. The molecule has 1 saturated heterocycles. The highest BCUT2D eigenvalue weighted by molar-refractivity contribution is 6.33. The molecule has 1 aliphatic heterocycles. The third kappa shape index (κ3) is 4.48. The molecule has 0 radical (unpaired) electrons. The molecule has 3 rings (SSSR count). The SMILES string of the molecule is CN(C)[C@@H]1C[C@@H]2CN(C(=O)c3ncccc3Cl)C[C@@H]2C[C@H]1O.O=CO. The van der Waals surface area contributed by atoms with Crippen LogP contribution in [0.25, 0.3) is 0 Å². The van der Waals surface area contributed by atoms with Crippen LogP contribution < -0.4 is 0 Å². The number of aromatic nitrogens is 1. The number of pyridine rings is 1. The van der Waals surface area contributed by atoms with Gasteiger partial charge in [-0.25, -0.2) is 4.98 Å². The zero-order valence-electron chi connectivity index (χ0n) is 14.4. The van der Waals surface area contributed by atoms with Gasteiger partial charge < -0.3 is 20.0 Å². The quantitative estimate of drug-likeness (QED) is 0.761. The number of likely N-dealkylation sites (tertiary alicyclic amines) is 1. The minimum absolute atomic E-state index is 0.101. The van der Waals surface area contributed by atoms with Crippen LogP contribution in [0, 0.1) is 11.8 Å². The molecule has 7 nitrogen and oxygen atoms in total. The number of halogens is 1. The highest BCUT2D eigenvalue weighted by Gasteiger charge is 2.43. The van der Waals surface area contributed by atoms with Gasteiger partial charge in [0, 0.05) is 25.3 Å². The first-order chi connectivity index (χ1) is 11.9. The molecule has 1 aromatic rings. The minimum Gasteiger partial charge on any atom is -0.483 e. The second kappa shape index (κ2) is 8.60. The number of amides is 1. The molecule has 0 bridgehead atoms. The molecule has 1 aromatic heterocycles. The lowest BCUT2D eigenvalue weighted by Gasteiger charge is -2.38. The van der Waals surface area contributed by atoms with Gasteiger partial charge >= 0.3 is 0 Å². The van der Waals surface area contributed by atoms with Crippen molar-refractivity contribution in [1.29, 1.82) is 0 Å². The Morgan fingerprint density at radius 2 is 1.96 bits per heavy atom. The van der Waals surface area contributed by atoms with Crippen molar-refractivity contribution in [3.63, 3.8) is 0 Å². The Labute approximate surface area is 152 Å². The van der Waals surface area contributed by atoms with E-state index in [0.717, 1.165) is 19.4 Å². The van der Waals surface area contributed by atoms with Crippen molar-refractivity contribution >= 4 is 24.0 Å². The number of nitrogens with zero attached hydrogens (tertiary/aromatic N) is 3. The number of hydrogen-bond acceptors (Lipinski definition) is 5. The summed E-state index contributed by atoms with van der Waals surface area (Å²) in [5.41, 5.74) is 0.326. The molecule has 2 fully saturated rings. The van der Waals surface area contributed by atoms with Gasteiger partial charge in [-0.2, -0.15) is 0 Å². The molecule has 0 unspecified atom stereocenters. The van der Waals surface area contributed by atoms with Crippen molar-refractivity contribution in [3.05, 3.63) is 29.0 Å².